The van der Waals surface area contributed by atoms with Gasteiger partial charge in [-0.25, -0.2) is 0 Å². The van der Waals surface area contributed by atoms with Gasteiger partial charge in [0.2, 0.25) is 0 Å². The van der Waals surface area contributed by atoms with Crippen molar-refractivity contribution >= 4 is 0 Å². The van der Waals surface area contributed by atoms with Crippen LogP contribution in [0.4, 0.5) is 0 Å². The molecule has 0 aliphatic heterocycles. The van der Waals surface area contributed by atoms with Crippen molar-refractivity contribution in [3.05, 3.63) is 28.8 Å². The van der Waals surface area contributed by atoms with E-state index < -0.39 is 0 Å². The zero-order chi connectivity index (χ0) is 12.7. The minimum atomic E-state index is 0.787. The normalized spacial score (nSPS) is 10.6. The third-order valence-corrected chi connectivity index (χ3v) is 3.21. The largest absolute Gasteiger partial charge is 0.493 e. The molecule has 2 N–H and O–H groups in total. The van der Waals surface area contributed by atoms with Crippen LogP contribution in [0.1, 0.15) is 42.9 Å². The Morgan fingerprint density at radius 1 is 1.12 bits per heavy atom. The van der Waals surface area contributed by atoms with E-state index >= 15 is 0 Å². The predicted molar refractivity (Wildman–Crippen MR) is 73.7 cm³/mol. The quantitative estimate of drug-likeness (QED) is 0.735. The van der Waals surface area contributed by atoms with Crippen molar-refractivity contribution in [2.75, 3.05) is 13.2 Å². The average Bonchev–Trinajstić information content (AvgIpc) is 2.34. The summed E-state index contributed by atoms with van der Waals surface area (Å²) >= 11 is 0. The number of rotatable bonds is 7. The molecule has 2 heteroatoms. The van der Waals surface area contributed by atoms with Crippen molar-refractivity contribution in [1.82, 2.24) is 0 Å². The van der Waals surface area contributed by atoms with Gasteiger partial charge in [-0.2, -0.15) is 0 Å². The standard InChI is InChI=1S/C15H25NO/c1-4-11-17-15-9-8-14(7-5-6-10-16)12(2)13(15)3/h8-9H,4-7,10-11,16H2,1-3H3. The van der Waals surface area contributed by atoms with Gasteiger partial charge in [-0.05, 0) is 68.8 Å². The van der Waals surface area contributed by atoms with Gasteiger partial charge in [0, 0.05) is 0 Å². The van der Waals surface area contributed by atoms with E-state index in [-0.39, 0.29) is 0 Å². The monoisotopic (exact) mass is 235 g/mol. The Bertz CT molecular complexity index is 347. The van der Waals surface area contributed by atoms with E-state index in [1.54, 1.807) is 0 Å². The van der Waals surface area contributed by atoms with Gasteiger partial charge in [0.25, 0.3) is 0 Å². The fourth-order valence-electron chi connectivity index (χ4n) is 1.95. The van der Waals surface area contributed by atoms with Gasteiger partial charge in [0.05, 0.1) is 6.61 Å². The van der Waals surface area contributed by atoms with Crippen LogP contribution >= 0.6 is 0 Å². The van der Waals surface area contributed by atoms with E-state index in [9.17, 15) is 0 Å². The van der Waals surface area contributed by atoms with Gasteiger partial charge >= 0.3 is 0 Å². The van der Waals surface area contributed by atoms with Crippen LogP contribution in [0.2, 0.25) is 0 Å². The molecular weight excluding hydrogens is 210 g/mol. The highest BCUT2D eigenvalue weighted by atomic mass is 16.5. The molecule has 0 unspecified atom stereocenters. The Balaban J connectivity index is 2.72. The van der Waals surface area contributed by atoms with Crippen LogP contribution in [0.5, 0.6) is 5.75 Å². The first-order valence-electron chi connectivity index (χ1n) is 6.62. The summed E-state index contributed by atoms with van der Waals surface area (Å²) in [4.78, 5) is 0. The Labute approximate surface area is 105 Å². The maximum Gasteiger partial charge on any atom is 0.122 e. The Kier molecular flexibility index (Phi) is 6.06. The smallest absolute Gasteiger partial charge is 0.122 e. The maximum absolute atomic E-state index is 5.73. The fraction of sp³-hybridized carbons (Fsp3) is 0.600. The second-order valence-corrected chi connectivity index (χ2v) is 4.57. The van der Waals surface area contributed by atoms with Crippen LogP contribution < -0.4 is 10.5 Å². The second kappa shape index (κ2) is 7.33. The zero-order valence-corrected chi connectivity index (χ0v) is 11.4. The molecule has 0 saturated carbocycles. The molecule has 17 heavy (non-hydrogen) atoms. The van der Waals surface area contributed by atoms with E-state index in [0.29, 0.717) is 0 Å². The molecule has 1 rings (SSSR count). The second-order valence-electron chi connectivity index (χ2n) is 4.57. The van der Waals surface area contributed by atoms with Crippen LogP contribution in [-0.4, -0.2) is 13.2 Å². The van der Waals surface area contributed by atoms with Crippen LogP contribution in [0.15, 0.2) is 12.1 Å². The number of aryl methyl sites for hydroxylation is 1. The molecule has 0 heterocycles. The molecule has 0 saturated heterocycles. The maximum atomic E-state index is 5.73. The number of benzene rings is 1. The number of hydrogen-bond donors (Lipinski definition) is 1. The summed E-state index contributed by atoms with van der Waals surface area (Å²) in [6.07, 6.45) is 4.45. The lowest BCUT2D eigenvalue weighted by Gasteiger charge is -2.14. The topological polar surface area (TPSA) is 35.2 Å². The first-order chi connectivity index (χ1) is 8.20. The van der Waals surface area contributed by atoms with Crippen molar-refractivity contribution in [2.24, 2.45) is 5.73 Å². The number of hydrogen-bond acceptors (Lipinski definition) is 2. The molecule has 0 radical (unpaired) electrons. The Morgan fingerprint density at radius 2 is 1.88 bits per heavy atom. The summed E-state index contributed by atoms with van der Waals surface area (Å²) in [5.74, 6) is 1.03. The lowest BCUT2D eigenvalue weighted by atomic mass is 9.98. The highest BCUT2D eigenvalue weighted by molar-refractivity contribution is 5.43. The van der Waals surface area contributed by atoms with Crippen molar-refractivity contribution in [3.63, 3.8) is 0 Å². The molecule has 0 aliphatic carbocycles. The molecule has 0 fully saturated rings. The van der Waals surface area contributed by atoms with Gasteiger partial charge < -0.3 is 10.5 Å². The minimum absolute atomic E-state index is 0.787. The van der Waals surface area contributed by atoms with Crippen molar-refractivity contribution in [3.8, 4) is 5.75 Å². The Morgan fingerprint density at radius 3 is 2.53 bits per heavy atom. The van der Waals surface area contributed by atoms with Crippen molar-refractivity contribution in [2.45, 2.75) is 46.5 Å². The van der Waals surface area contributed by atoms with E-state index in [4.69, 9.17) is 10.5 Å². The summed E-state index contributed by atoms with van der Waals surface area (Å²) in [7, 11) is 0. The zero-order valence-electron chi connectivity index (χ0n) is 11.4. The molecule has 0 aliphatic rings. The van der Waals surface area contributed by atoms with E-state index in [0.717, 1.165) is 38.2 Å². The average molecular weight is 235 g/mol. The van der Waals surface area contributed by atoms with E-state index in [1.165, 1.54) is 23.1 Å². The fourth-order valence-corrected chi connectivity index (χ4v) is 1.95. The summed E-state index contributed by atoms with van der Waals surface area (Å²) in [6.45, 7) is 8.05. The third-order valence-electron chi connectivity index (χ3n) is 3.21. The lowest BCUT2D eigenvalue weighted by molar-refractivity contribution is 0.315. The van der Waals surface area contributed by atoms with Gasteiger partial charge in [-0.15, -0.1) is 0 Å². The number of nitrogens with two attached hydrogens (primary N) is 1. The molecule has 2 nitrogen and oxygen atoms in total. The summed E-state index contributed by atoms with van der Waals surface area (Å²) in [5.41, 5.74) is 9.60. The van der Waals surface area contributed by atoms with Gasteiger partial charge in [-0.1, -0.05) is 13.0 Å². The molecule has 1 aromatic carbocycles. The molecule has 0 amide bonds. The van der Waals surface area contributed by atoms with Gasteiger partial charge in [0.15, 0.2) is 0 Å². The molecule has 0 aromatic heterocycles. The van der Waals surface area contributed by atoms with Crippen LogP contribution in [0.25, 0.3) is 0 Å². The molecule has 0 atom stereocenters. The van der Waals surface area contributed by atoms with E-state index in [1.807, 2.05) is 0 Å². The summed E-state index contributed by atoms with van der Waals surface area (Å²) in [6, 6.07) is 4.31. The number of unbranched alkanes of at least 4 members (excludes halogenated alkanes) is 1. The third kappa shape index (κ3) is 4.04. The van der Waals surface area contributed by atoms with Crippen LogP contribution in [0, 0.1) is 13.8 Å². The molecule has 1 aromatic rings. The molecular formula is C15H25NO. The van der Waals surface area contributed by atoms with Crippen LogP contribution in [-0.2, 0) is 6.42 Å². The highest BCUT2D eigenvalue weighted by Gasteiger charge is 2.06. The van der Waals surface area contributed by atoms with E-state index in [2.05, 4.69) is 32.9 Å². The van der Waals surface area contributed by atoms with Crippen molar-refractivity contribution < 1.29 is 4.74 Å². The summed E-state index contributed by atoms with van der Waals surface area (Å²) in [5, 5.41) is 0. The molecule has 96 valence electrons. The SMILES string of the molecule is CCCOc1ccc(CCCCN)c(C)c1C. The predicted octanol–water partition coefficient (Wildman–Crippen LogP) is 3.37. The Hall–Kier alpha value is -1.02. The summed E-state index contributed by atoms with van der Waals surface area (Å²) < 4.78 is 5.73. The molecule has 0 spiro atoms. The van der Waals surface area contributed by atoms with Crippen molar-refractivity contribution in [1.29, 1.82) is 0 Å². The van der Waals surface area contributed by atoms with Crippen LogP contribution in [0.3, 0.4) is 0 Å². The minimum Gasteiger partial charge on any atom is -0.493 e. The first kappa shape index (κ1) is 14.0. The van der Waals surface area contributed by atoms with Gasteiger partial charge in [0.1, 0.15) is 5.75 Å². The first-order valence-corrected chi connectivity index (χ1v) is 6.62. The number of ether oxygens (including phenoxy) is 1. The highest BCUT2D eigenvalue weighted by Crippen LogP contribution is 2.25. The van der Waals surface area contributed by atoms with Gasteiger partial charge in [-0.3, -0.25) is 0 Å². The molecule has 0 bridgehead atoms. The lowest BCUT2D eigenvalue weighted by Crippen LogP contribution is -2.02.